The van der Waals surface area contributed by atoms with Crippen molar-refractivity contribution in [3.63, 3.8) is 0 Å². The number of H-pyrrole nitrogens is 1. The van der Waals surface area contributed by atoms with E-state index in [4.69, 9.17) is 9.15 Å². The number of ether oxygens (including phenoxy) is 1. The summed E-state index contributed by atoms with van der Waals surface area (Å²) in [6.45, 7) is 4.38. The molecule has 0 atom stereocenters. The molecule has 160 valence electrons. The van der Waals surface area contributed by atoms with Gasteiger partial charge in [0.2, 0.25) is 0 Å². The van der Waals surface area contributed by atoms with Gasteiger partial charge in [0.25, 0.3) is 0 Å². The maximum absolute atomic E-state index is 12.4. The van der Waals surface area contributed by atoms with Crippen LogP contribution >= 0.6 is 0 Å². The van der Waals surface area contributed by atoms with Crippen LogP contribution in [0.4, 0.5) is 10.6 Å². The molecule has 4 aromatic rings. The molecule has 0 bridgehead atoms. The number of hydrogen-bond acceptors (Lipinski definition) is 6. The topological polar surface area (TPSA) is 123 Å². The second-order valence-electron chi connectivity index (χ2n) is 7.04. The van der Waals surface area contributed by atoms with E-state index >= 15 is 0 Å². The van der Waals surface area contributed by atoms with E-state index in [2.05, 4.69) is 30.9 Å². The second-order valence-corrected chi connectivity index (χ2v) is 7.04. The third-order valence-corrected chi connectivity index (χ3v) is 4.34. The molecule has 31 heavy (non-hydrogen) atoms. The molecule has 0 fully saturated rings. The predicted octanol–water partition coefficient (Wildman–Crippen LogP) is 3.74. The lowest BCUT2D eigenvalue weighted by Crippen LogP contribution is -2.29. The quantitative estimate of drug-likeness (QED) is 0.398. The largest absolute Gasteiger partial charge is 0.486 e. The number of furan rings is 1. The number of carbonyl (C=O) groups is 1. The van der Waals surface area contributed by atoms with Gasteiger partial charge in [-0.3, -0.25) is 10.4 Å². The summed E-state index contributed by atoms with van der Waals surface area (Å²) >= 11 is 0. The summed E-state index contributed by atoms with van der Waals surface area (Å²) in [6, 6.07) is 14.5. The number of amides is 2. The summed E-state index contributed by atoms with van der Waals surface area (Å²) in [6.07, 6.45) is 1.58. The Labute approximate surface area is 178 Å². The number of aromatic amines is 1. The number of benzene rings is 1. The molecule has 2 amide bonds. The van der Waals surface area contributed by atoms with E-state index in [0.29, 0.717) is 28.9 Å². The van der Waals surface area contributed by atoms with E-state index in [9.17, 15) is 4.79 Å². The summed E-state index contributed by atoms with van der Waals surface area (Å²) in [5.41, 5.74) is 0.644. The SMILES string of the molecule is CC(C)n1nc(-c2ccco2)cc1NC(=O)NCc1n[nH]c(COc2ccccc2)n1. The molecule has 0 radical (unpaired) electrons. The van der Waals surface area contributed by atoms with Gasteiger partial charge in [-0.15, -0.1) is 0 Å². The lowest BCUT2D eigenvalue weighted by atomic mass is 10.3. The molecule has 0 aliphatic heterocycles. The van der Waals surface area contributed by atoms with Gasteiger partial charge in [0, 0.05) is 12.1 Å². The minimum atomic E-state index is -0.389. The highest BCUT2D eigenvalue weighted by molar-refractivity contribution is 5.88. The highest BCUT2D eigenvalue weighted by Crippen LogP contribution is 2.24. The first kappa shape index (κ1) is 20.2. The molecule has 3 heterocycles. The molecule has 10 nitrogen and oxygen atoms in total. The van der Waals surface area contributed by atoms with Crippen molar-refractivity contribution in [2.24, 2.45) is 0 Å². The van der Waals surface area contributed by atoms with Gasteiger partial charge in [-0.25, -0.2) is 14.5 Å². The molecule has 0 saturated carbocycles. The number of carbonyl (C=O) groups excluding carboxylic acids is 1. The monoisotopic (exact) mass is 421 g/mol. The minimum Gasteiger partial charge on any atom is -0.486 e. The van der Waals surface area contributed by atoms with E-state index in [1.807, 2.05) is 50.2 Å². The Balaban J connectivity index is 1.32. The van der Waals surface area contributed by atoms with Crippen LogP contribution in [0.5, 0.6) is 5.75 Å². The summed E-state index contributed by atoms with van der Waals surface area (Å²) in [5, 5.41) is 17.0. The Morgan fingerprint density at radius 2 is 2.06 bits per heavy atom. The maximum atomic E-state index is 12.4. The van der Waals surface area contributed by atoms with Crippen LogP contribution in [-0.2, 0) is 13.2 Å². The number of aromatic nitrogens is 5. The van der Waals surface area contributed by atoms with Crippen molar-refractivity contribution >= 4 is 11.8 Å². The lowest BCUT2D eigenvalue weighted by molar-refractivity contribution is 0.251. The Bertz CT molecular complexity index is 1120. The fraction of sp³-hybridized carbons (Fsp3) is 0.238. The number of anilines is 1. The lowest BCUT2D eigenvalue weighted by Gasteiger charge is -2.11. The van der Waals surface area contributed by atoms with Crippen molar-refractivity contribution in [1.29, 1.82) is 0 Å². The fourth-order valence-corrected chi connectivity index (χ4v) is 2.89. The summed E-state index contributed by atoms with van der Waals surface area (Å²) < 4.78 is 12.7. The number of nitrogens with one attached hydrogen (secondary N) is 3. The van der Waals surface area contributed by atoms with Crippen molar-refractivity contribution in [2.75, 3.05) is 5.32 Å². The van der Waals surface area contributed by atoms with Gasteiger partial charge >= 0.3 is 6.03 Å². The molecule has 3 aromatic heterocycles. The maximum Gasteiger partial charge on any atom is 0.320 e. The first-order valence-electron chi connectivity index (χ1n) is 9.85. The molecule has 0 unspecified atom stereocenters. The first-order chi connectivity index (χ1) is 15.1. The van der Waals surface area contributed by atoms with E-state index in [-0.39, 0.29) is 25.2 Å². The predicted molar refractivity (Wildman–Crippen MR) is 113 cm³/mol. The fourth-order valence-electron chi connectivity index (χ4n) is 2.89. The Morgan fingerprint density at radius 1 is 1.23 bits per heavy atom. The van der Waals surface area contributed by atoms with E-state index in [0.717, 1.165) is 5.75 Å². The van der Waals surface area contributed by atoms with Crippen LogP contribution in [0.1, 0.15) is 31.5 Å². The van der Waals surface area contributed by atoms with Crippen LogP contribution in [0.15, 0.2) is 59.2 Å². The van der Waals surface area contributed by atoms with Crippen molar-refractivity contribution in [1.82, 2.24) is 30.3 Å². The highest BCUT2D eigenvalue weighted by Gasteiger charge is 2.16. The van der Waals surface area contributed by atoms with Crippen LogP contribution in [0.3, 0.4) is 0 Å². The summed E-state index contributed by atoms with van der Waals surface area (Å²) in [4.78, 5) is 16.7. The number of para-hydroxylation sites is 1. The Kier molecular flexibility index (Phi) is 5.97. The van der Waals surface area contributed by atoms with Crippen molar-refractivity contribution < 1.29 is 13.9 Å². The van der Waals surface area contributed by atoms with Crippen LogP contribution in [-0.4, -0.2) is 31.0 Å². The minimum absolute atomic E-state index is 0.0548. The van der Waals surface area contributed by atoms with Crippen LogP contribution in [0.25, 0.3) is 11.5 Å². The first-order valence-corrected chi connectivity index (χ1v) is 9.85. The van der Waals surface area contributed by atoms with Gasteiger partial charge in [0.05, 0.1) is 12.8 Å². The van der Waals surface area contributed by atoms with Gasteiger partial charge < -0.3 is 14.5 Å². The van der Waals surface area contributed by atoms with Crippen LogP contribution in [0.2, 0.25) is 0 Å². The number of rotatable bonds is 8. The molecule has 0 saturated heterocycles. The smallest absolute Gasteiger partial charge is 0.320 e. The Hall–Kier alpha value is -4.08. The van der Waals surface area contributed by atoms with Crippen molar-refractivity contribution in [3.05, 3.63) is 66.4 Å². The van der Waals surface area contributed by atoms with Gasteiger partial charge in [0.1, 0.15) is 23.9 Å². The molecule has 10 heteroatoms. The third-order valence-electron chi connectivity index (χ3n) is 4.34. The molecule has 0 aliphatic carbocycles. The zero-order valence-electron chi connectivity index (χ0n) is 17.2. The molecule has 4 rings (SSSR count). The zero-order chi connectivity index (χ0) is 21.6. The van der Waals surface area contributed by atoms with E-state index in [1.165, 1.54) is 0 Å². The number of urea groups is 1. The molecule has 3 N–H and O–H groups in total. The normalized spacial score (nSPS) is 10.9. The summed E-state index contributed by atoms with van der Waals surface area (Å²) in [5.74, 6) is 2.96. The van der Waals surface area contributed by atoms with Gasteiger partial charge in [0.15, 0.2) is 17.4 Å². The van der Waals surface area contributed by atoms with Gasteiger partial charge in [-0.2, -0.15) is 10.2 Å². The number of nitrogens with zero attached hydrogens (tertiary/aromatic N) is 4. The molecule has 0 aliphatic rings. The Morgan fingerprint density at radius 3 is 2.81 bits per heavy atom. The average molecular weight is 421 g/mol. The second kappa shape index (κ2) is 9.16. The van der Waals surface area contributed by atoms with Crippen molar-refractivity contribution in [2.45, 2.75) is 33.0 Å². The third kappa shape index (κ3) is 5.10. The standard InChI is InChI=1S/C21H23N7O3/c1-14(2)28-20(11-16(27-28)17-9-6-10-30-17)24-21(29)22-12-18-23-19(26-25-18)13-31-15-7-4-3-5-8-15/h3-11,14H,12-13H2,1-2H3,(H2,22,24,29)(H,23,25,26). The molecular weight excluding hydrogens is 398 g/mol. The van der Waals surface area contributed by atoms with Gasteiger partial charge in [-0.05, 0) is 38.1 Å². The summed E-state index contributed by atoms with van der Waals surface area (Å²) in [7, 11) is 0. The van der Waals surface area contributed by atoms with Crippen molar-refractivity contribution in [3.8, 4) is 17.2 Å². The number of hydrogen-bond donors (Lipinski definition) is 3. The molecule has 0 spiro atoms. The van der Waals surface area contributed by atoms with Crippen LogP contribution < -0.4 is 15.4 Å². The zero-order valence-corrected chi connectivity index (χ0v) is 17.2. The van der Waals surface area contributed by atoms with E-state index < -0.39 is 0 Å². The van der Waals surface area contributed by atoms with Gasteiger partial charge in [-0.1, -0.05) is 18.2 Å². The molecule has 1 aromatic carbocycles. The van der Waals surface area contributed by atoms with Crippen LogP contribution in [0, 0.1) is 0 Å². The highest BCUT2D eigenvalue weighted by atomic mass is 16.5. The molecular formula is C21H23N7O3. The van der Waals surface area contributed by atoms with E-state index in [1.54, 1.807) is 23.1 Å². The average Bonchev–Trinajstić information content (AvgIpc) is 3.52.